The molecule has 0 heterocycles. The summed E-state index contributed by atoms with van der Waals surface area (Å²) in [6.07, 6.45) is 0. The Balaban J connectivity index is 2.42. The number of nitrogens with zero attached hydrogens (tertiary/aromatic N) is 1. The highest BCUT2D eigenvalue weighted by Crippen LogP contribution is 2.49. The Hall–Kier alpha value is -4.14. The predicted molar refractivity (Wildman–Crippen MR) is 137 cm³/mol. The Morgan fingerprint density at radius 1 is 0.730 bits per heavy atom. The topological polar surface area (TPSA) is 50.1 Å². The average molecular weight is 521 g/mol. The van der Waals surface area contributed by atoms with E-state index in [1.54, 1.807) is 91.0 Å². The quantitative estimate of drug-likeness (QED) is 0.152. The monoisotopic (exact) mass is 521 g/mol. The van der Waals surface area contributed by atoms with E-state index in [9.17, 15) is 13.6 Å². The number of ether oxygens (including phenoxy) is 1. The molecule has 4 aromatic rings. The third kappa shape index (κ3) is 4.34. The molecule has 4 aromatic carbocycles. The molecule has 0 saturated carbocycles. The molecule has 0 N–H and O–H groups in total. The number of nitriles is 1. The van der Waals surface area contributed by atoms with Crippen LogP contribution in [-0.2, 0) is 9.53 Å². The Bertz CT molecular complexity index is 1420. The fourth-order valence-electron chi connectivity index (χ4n) is 4.33. The molecule has 186 valence electrons. The van der Waals surface area contributed by atoms with Gasteiger partial charge in [0.05, 0.1) is 17.5 Å². The molecular weight excluding hydrogens is 501 g/mol. The van der Waals surface area contributed by atoms with Gasteiger partial charge in [-0.15, -0.1) is 0 Å². The van der Waals surface area contributed by atoms with Crippen LogP contribution in [0.1, 0.15) is 18.1 Å². The first-order valence-corrected chi connectivity index (χ1v) is 13.0. The molecule has 4 rings (SSSR count). The van der Waals surface area contributed by atoms with Crippen molar-refractivity contribution in [1.82, 2.24) is 0 Å². The van der Waals surface area contributed by atoms with Crippen LogP contribution < -0.4 is 15.9 Å². The van der Waals surface area contributed by atoms with E-state index in [0.29, 0.717) is 15.9 Å². The summed E-state index contributed by atoms with van der Waals surface area (Å²) in [6.45, 7) is -2.19. The van der Waals surface area contributed by atoms with Gasteiger partial charge in [0.2, 0.25) is 0 Å². The molecule has 0 radical (unpaired) electrons. The maximum absolute atomic E-state index is 15.7. The fraction of sp³-hybridized carbons (Fsp3) is 0.0690. The zero-order chi connectivity index (χ0) is 26.6. The first-order valence-electron chi connectivity index (χ1n) is 11.3. The molecule has 0 aliphatic carbocycles. The van der Waals surface area contributed by atoms with Gasteiger partial charge in [-0.3, -0.25) is 0 Å². The van der Waals surface area contributed by atoms with Crippen molar-refractivity contribution in [1.29, 1.82) is 5.26 Å². The Labute approximate surface area is 211 Å². The van der Waals surface area contributed by atoms with Gasteiger partial charge in [0.25, 0.3) is 0 Å². The third-order valence-corrected chi connectivity index (χ3v) is 10.1. The van der Waals surface area contributed by atoms with E-state index >= 15 is 8.78 Å². The number of carbonyl (C=O) groups excluding carboxylic acids is 1. The largest absolute Gasteiger partial charge is 0.462 e. The molecule has 0 atom stereocenters. The molecule has 37 heavy (non-hydrogen) atoms. The van der Waals surface area contributed by atoms with Gasteiger partial charge in [-0.2, -0.15) is 5.26 Å². The van der Waals surface area contributed by atoms with Crippen molar-refractivity contribution in [3.63, 3.8) is 0 Å². The minimum absolute atomic E-state index is 0.162. The third-order valence-electron chi connectivity index (χ3n) is 5.85. The number of hydrogen-bond donors (Lipinski definition) is 0. The van der Waals surface area contributed by atoms with Crippen molar-refractivity contribution >= 4 is 34.1 Å². The standard InChI is InChI=1S/C29H20F4NO2P/c1-2-36-29(35)28(23-26(32)24(30)22(18-34)25(31)27(23)33)37(19-12-6-3-7-13-19,20-14-8-4-9-15-20)21-16-10-5-11-17-21/h3-17H,2H2,1H3. The molecule has 0 spiro atoms. The first kappa shape index (κ1) is 25.9. The number of benzene rings is 4. The average Bonchev–Trinajstić information content (AvgIpc) is 2.94. The molecule has 0 unspecified atom stereocenters. The minimum atomic E-state index is -3.54. The highest BCUT2D eigenvalue weighted by Gasteiger charge is 2.40. The Morgan fingerprint density at radius 2 is 1.11 bits per heavy atom. The molecule has 0 saturated heterocycles. The maximum Gasteiger partial charge on any atom is 0.340 e. The molecule has 0 fully saturated rings. The lowest BCUT2D eigenvalue weighted by Gasteiger charge is -2.32. The second-order valence-electron chi connectivity index (χ2n) is 7.86. The van der Waals surface area contributed by atoms with E-state index in [1.165, 1.54) is 6.92 Å². The van der Waals surface area contributed by atoms with Gasteiger partial charge in [0.15, 0.2) is 23.3 Å². The molecule has 0 aliphatic heterocycles. The van der Waals surface area contributed by atoms with Crippen LogP contribution >= 0.6 is 6.89 Å². The van der Waals surface area contributed by atoms with E-state index in [1.807, 2.05) is 0 Å². The maximum atomic E-state index is 15.7. The number of halogens is 4. The van der Waals surface area contributed by atoms with Gasteiger partial charge in [-0.05, 0) is 29.7 Å². The molecular formula is C29H20F4NO2P. The van der Waals surface area contributed by atoms with Crippen molar-refractivity contribution in [2.75, 3.05) is 6.61 Å². The lowest BCUT2D eigenvalue weighted by atomic mass is 10.1. The van der Waals surface area contributed by atoms with Gasteiger partial charge >= 0.3 is 5.97 Å². The summed E-state index contributed by atoms with van der Waals surface area (Å²) in [5, 5.41) is 10.0. The summed E-state index contributed by atoms with van der Waals surface area (Å²) in [7, 11) is 0. The summed E-state index contributed by atoms with van der Waals surface area (Å²) in [4.78, 5) is 13.7. The van der Waals surface area contributed by atoms with Gasteiger partial charge in [0.1, 0.15) is 11.6 Å². The van der Waals surface area contributed by atoms with Crippen LogP contribution in [-0.4, -0.2) is 17.9 Å². The summed E-state index contributed by atoms with van der Waals surface area (Å²) >= 11 is 0. The lowest BCUT2D eigenvalue weighted by Crippen LogP contribution is -2.36. The fourth-order valence-corrected chi connectivity index (χ4v) is 8.73. The van der Waals surface area contributed by atoms with Crippen molar-refractivity contribution in [2.24, 2.45) is 0 Å². The molecule has 0 aliphatic rings. The second kappa shape index (κ2) is 10.9. The van der Waals surface area contributed by atoms with Crippen molar-refractivity contribution in [3.8, 4) is 6.07 Å². The summed E-state index contributed by atoms with van der Waals surface area (Å²) in [6, 6.07) is 26.7. The van der Waals surface area contributed by atoms with Crippen molar-refractivity contribution in [3.05, 3.63) is 125 Å². The number of esters is 1. The summed E-state index contributed by atoms with van der Waals surface area (Å²) < 4.78 is 66.5. The van der Waals surface area contributed by atoms with Crippen molar-refractivity contribution < 1.29 is 27.1 Å². The smallest absolute Gasteiger partial charge is 0.340 e. The summed E-state index contributed by atoms with van der Waals surface area (Å²) in [5.74, 6) is -8.58. The van der Waals surface area contributed by atoms with Crippen LogP contribution in [0.5, 0.6) is 0 Å². The van der Waals surface area contributed by atoms with Gasteiger partial charge < -0.3 is 4.74 Å². The van der Waals surface area contributed by atoms with E-state index < -0.39 is 52.5 Å². The number of carbonyl (C=O) groups is 1. The predicted octanol–water partition coefficient (Wildman–Crippen LogP) is 5.19. The zero-order valence-corrected chi connectivity index (χ0v) is 20.5. The van der Waals surface area contributed by atoms with Gasteiger partial charge in [-0.1, -0.05) is 91.0 Å². The van der Waals surface area contributed by atoms with E-state index in [-0.39, 0.29) is 6.61 Å². The molecule has 0 amide bonds. The number of rotatable bonds is 6. The van der Waals surface area contributed by atoms with Crippen LogP contribution in [0.25, 0.3) is 0 Å². The van der Waals surface area contributed by atoms with E-state index in [2.05, 4.69) is 0 Å². The Kier molecular flexibility index (Phi) is 7.61. The van der Waals surface area contributed by atoms with Gasteiger partial charge in [0, 0.05) is 0 Å². The number of hydrogen-bond acceptors (Lipinski definition) is 3. The van der Waals surface area contributed by atoms with Crippen LogP contribution in [0.3, 0.4) is 0 Å². The first-order chi connectivity index (χ1) is 17.9. The second-order valence-corrected chi connectivity index (χ2v) is 11.2. The Morgan fingerprint density at radius 3 is 1.43 bits per heavy atom. The zero-order valence-electron chi connectivity index (χ0n) is 19.6. The molecule has 0 aromatic heterocycles. The summed E-state index contributed by atoms with van der Waals surface area (Å²) in [5.41, 5.74) is -2.61. The van der Waals surface area contributed by atoms with E-state index in [0.717, 1.165) is 6.07 Å². The van der Waals surface area contributed by atoms with Crippen molar-refractivity contribution in [2.45, 2.75) is 6.92 Å². The normalized spacial score (nSPS) is 11.0. The molecule has 0 bridgehead atoms. The van der Waals surface area contributed by atoms with Gasteiger partial charge in [-0.25, -0.2) is 22.4 Å². The molecule has 3 nitrogen and oxygen atoms in total. The molecule has 8 heteroatoms. The SMILES string of the molecule is CCOC(=O)C(c1c(F)c(F)c(C#N)c(F)c1F)=P(c1ccccc1)(c1ccccc1)c1ccccc1. The van der Waals surface area contributed by atoms with Crippen LogP contribution in [0.2, 0.25) is 0 Å². The van der Waals surface area contributed by atoms with Crippen LogP contribution in [0, 0.1) is 34.6 Å². The van der Waals surface area contributed by atoms with E-state index in [4.69, 9.17) is 10.00 Å². The van der Waals surface area contributed by atoms with Crippen LogP contribution in [0.15, 0.2) is 91.0 Å². The van der Waals surface area contributed by atoms with Crippen LogP contribution in [0.4, 0.5) is 17.6 Å². The lowest BCUT2D eigenvalue weighted by molar-refractivity contribution is -0.134. The highest BCUT2D eigenvalue weighted by molar-refractivity contribution is 7.96. The minimum Gasteiger partial charge on any atom is -0.462 e. The highest BCUT2D eigenvalue weighted by atomic mass is 31.2.